The Balaban J connectivity index is 1.94. The molecule has 0 aromatic carbocycles. The Bertz CT molecular complexity index is 394. The first-order chi connectivity index (χ1) is 10.2. The normalized spacial score (nSPS) is 18.9. The Labute approximate surface area is 129 Å². The van der Waals surface area contributed by atoms with Crippen LogP contribution in [0.25, 0.3) is 0 Å². The van der Waals surface area contributed by atoms with Gasteiger partial charge >= 0.3 is 0 Å². The molecule has 1 N–H and O–H groups in total. The van der Waals surface area contributed by atoms with E-state index in [4.69, 9.17) is 4.52 Å². The summed E-state index contributed by atoms with van der Waals surface area (Å²) in [5.74, 6) is 2.84. The molecule has 0 spiro atoms. The predicted molar refractivity (Wildman–Crippen MR) is 85.4 cm³/mol. The van der Waals surface area contributed by atoms with Gasteiger partial charge in [0.2, 0.25) is 5.89 Å². The average molecular weight is 293 g/mol. The van der Waals surface area contributed by atoms with Gasteiger partial charge in [-0.1, -0.05) is 51.6 Å². The summed E-state index contributed by atoms with van der Waals surface area (Å²) in [5.41, 5.74) is 0. The fourth-order valence-corrected chi connectivity index (χ4v) is 3.12. The van der Waals surface area contributed by atoms with Crippen LogP contribution in [0.5, 0.6) is 0 Å². The molecule has 2 rings (SSSR count). The quantitative estimate of drug-likeness (QED) is 0.770. The van der Waals surface area contributed by atoms with Gasteiger partial charge in [-0.15, -0.1) is 0 Å². The molecule has 0 bridgehead atoms. The first-order valence-electron chi connectivity index (χ1n) is 8.76. The number of hydrogen-bond acceptors (Lipinski definition) is 4. The van der Waals surface area contributed by atoms with E-state index in [9.17, 15) is 0 Å². The third-order valence-corrected chi connectivity index (χ3v) is 4.56. The molecule has 4 heteroatoms. The predicted octanol–water partition coefficient (Wildman–Crippen LogP) is 4.07. The summed E-state index contributed by atoms with van der Waals surface area (Å²) in [5, 5.41) is 7.85. The SMILES string of the molecule is CCCNC(Cc1nc(C2CCCCCC2)no1)C(C)C. The van der Waals surface area contributed by atoms with E-state index in [1.807, 2.05) is 0 Å². The summed E-state index contributed by atoms with van der Waals surface area (Å²) in [6, 6.07) is 0.424. The van der Waals surface area contributed by atoms with Gasteiger partial charge in [0.15, 0.2) is 5.82 Å². The number of rotatable bonds is 7. The van der Waals surface area contributed by atoms with Crippen molar-refractivity contribution in [3.05, 3.63) is 11.7 Å². The van der Waals surface area contributed by atoms with E-state index in [1.165, 1.54) is 38.5 Å². The lowest BCUT2D eigenvalue weighted by atomic mass is 9.99. The van der Waals surface area contributed by atoms with Crippen molar-refractivity contribution in [1.29, 1.82) is 0 Å². The van der Waals surface area contributed by atoms with Crippen molar-refractivity contribution in [2.24, 2.45) is 5.92 Å². The Morgan fingerprint density at radius 2 is 1.90 bits per heavy atom. The van der Waals surface area contributed by atoms with E-state index < -0.39 is 0 Å². The Kier molecular flexibility index (Phi) is 6.68. The van der Waals surface area contributed by atoms with Crippen molar-refractivity contribution in [2.45, 2.75) is 84.1 Å². The van der Waals surface area contributed by atoms with Crippen molar-refractivity contribution < 1.29 is 4.52 Å². The lowest BCUT2D eigenvalue weighted by Crippen LogP contribution is -2.36. The molecule has 1 heterocycles. The fraction of sp³-hybridized carbons (Fsp3) is 0.882. The summed E-state index contributed by atoms with van der Waals surface area (Å²) in [6.45, 7) is 7.74. The Morgan fingerprint density at radius 3 is 2.52 bits per heavy atom. The average Bonchev–Trinajstić information content (AvgIpc) is 2.76. The fourth-order valence-electron chi connectivity index (χ4n) is 3.12. The van der Waals surface area contributed by atoms with Gasteiger partial charge < -0.3 is 9.84 Å². The van der Waals surface area contributed by atoms with Crippen molar-refractivity contribution in [1.82, 2.24) is 15.5 Å². The molecule has 0 saturated heterocycles. The maximum atomic E-state index is 5.52. The van der Waals surface area contributed by atoms with E-state index in [2.05, 4.69) is 36.2 Å². The molecule has 21 heavy (non-hydrogen) atoms. The second-order valence-corrected chi connectivity index (χ2v) is 6.74. The zero-order chi connectivity index (χ0) is 15.1. The second-order valence-electron chi connectivity index (χ2n) is 6.74. The molecule has 0 radical (unpaired) electrons. The highest BCUT2D eigenvalue weighted by molar-refractivity contribution is 4.97. The van der Waals surface area contributed by atoms with Crippen LogP contribution in [-0.4, -0.2) is 22.7 Å². The van der Waals surface area contributed by atoms with Gasteiger partial charge in [0.05, 0.1) is 0 Å². The molecule has 1 aliphatic rings. The minimum atomic E-state index is 0.424. The molecule has 1 atom stereocenters. The molecule has 0 aliphatic heterocycles. The minimum absolute atomic E-state index is 0.424. The number of nitrogens with zero attached hydrogens (tertiary/aromatic N) is 2. The Hall–Kier alpha value is -0.900. The lowest BCUT2D eigenvalue weighted by molar-refractivity contribution is 0.323. The molecule has 1 aliphatic carbocycles. The molecule has 0 amide bonds. The van der Waals surface area contributed by atoms with Crippen LogP contribution in [0.3, 0.4) is 0 Å². The van der Waals surface area contributed by atoms with Crippen molar-refractivity contribution >= 4 is 0 Å². The standard InChI is InChI=1S/C17H31N3O/c1-4-11-18-15(13(2)3)12-16-19-17(20-21-16)14-9-7-5-6-8-10-14/h13-15,18H,4-12H2,1-3H3. The van der Waals surface area contributed by atoms with Gasteiger partial charge in [-0.3, -0.25) is 0 Å². The first-order valence-corrected chi connectivity index (χ1v) is 8.76. The van der Waals surface area contributed by atoms with Crippen LogP contribution in [-0.2, 0) is 6.42 Å². The molecule has 1 unspecified atom stereocenters. The molecule has 120 valence electrons. The largest absolute Gasteiger partial charge is 0.339 e. The third-order valence-electron chi connectivity index (χ3n) is 4.56. The number of hydrogen-bond donors (Lipinski definition) is 1. The third kappa shape index (κ3) is 5.10. The monoisotopic (exact) mass is 293 g/mol. The molecular weight excluding hydrogens is 262 g/mol. The van der Waals surface area contributed by atoms with Crippen LogP contribution in [0.15, 0.2) is 4.52 Å². The Morgan fingerprint density at radius 1 is 1.19 bits per heavy atom. The van der Waals surface area contributed by atoms with Gasteiger partial charge in [0.1, 0.15) is 0 Å². The van der Waals surface area contributed by atoms with E-state index in [0.717, 1.165) is 31.1 Å². The zero-order valence-electron chi connectivity index (χ0n) is 13.9. The van der Waals surface area contributed by atoms with E-state index in [-0.39, 0.29) is 0 Å². The first kappa shape index (κ1) is 16.5. The van der Waals surface area contributed by atoms with E-state index >= 15 is 0 Å². The van der Waals surface area contributed by atoms with Crippen molar-refractivity contribution in [3.63, 3.8) is 0 Å². The van der Waals surface area contributed by atoms with Gasteiger partial charge in [-0.05, 0) is 31.7 Å². The van der Waals surface area contributed by atoms with Crippen LogP contribution in [0.1, 0.15) is 83.3 Å². The van der Waals surface area contributed by atoms with Crippen LogP contribution >= 0.6 is 0 Å². The van der Waals surface area contributed by atoms with Gasteiger partial charge in [-0.2, -0.15) is 4.98 Å². The van der Waals surface area contributed by atoms with Crippen LogP contribution < -0.4 is 5.32 Å². The number of nitrogens with one attached hydrogen (secondary N) is 1. The highest BCUT2D eigenvalue weighted by Gasteiger charge is 2.22. The zero-order valence-corrected chi connectivity index (χ0v) is 13.9. The van der Waals surface area contributed by atoms with Crippen LogP contribution in [0, 0.1) is 5.92 Å². The van der Waals surface area contributed by atoms with Gasteiger partial charge in [0, 0.05) is 18.4 Å². The van der Waals surface area contributed by atoms with Crippen LogP contribution in [0.4, 0.5) is 0 Å². The van der Waals surface area contributed by atoms with Crippen LogP contribution in [0.2, 0.25) is 0 Å². The topological polar surface area (TPSA) is 51.0 Å². The molecular formula is C17H31N3O. The van der Waals surface area contributed by atoms with Gasteiger partial charge in [-0.25, -0.2) is 0 Å². The van der Waals surface area contributed by atoms with Crippen molar-refractivity contribution in [3.8, 4) is 0 Å². The molecule has 1 aromatic heterocycles. The highest BCUT2D eigenvalue weighted by atomic mass is 16.5. The molecule has 1 aromatic rings. The molecule has 4 nitrogen and oxygen atoms in total. The minimum Gasteiger partial charge on any atom is -0.339 e. The summed E-state index contributed by atoms with van der Waals surface area (Å²) in [6.07, 6.45) is 9.77. The summed E-state index contributed by atoms with van der Waals surface area (Å²) >= 11 is 0. The maximum Gasteiger partial charge on any atom is 0.228 e. The van der Waals surface area contributed by atoms with Crippen molar-refractivity contribution in [2.75, 3.05) is 6.54 Å². The highest BCUT2D eigenvalue weighted by Crippen LogP contribution is 2.29. The summed E-state index contributed by atoms with van der Waals surface area (Å²) < 4.78 is 5.52. The molecule has 1 fully saturated rings. The smallest absolute Gasteiger partial charge is 0.228 e. The summed E-state index contributed by atoms with van der Waals surface area (Å²) in [4.78, 5) is 4.69. The summed E-state index contributed by atoms with van der Waals surface area (Å²) in [7, 11) is 0. The second kappa shape index (κ2) is 8.52. The number of aromatic nitrogens is 2. The van der Waals surface area contributed by atoms with Gasteiger partial charge in [0.25, 0.3) is 0 Å². The maximum absolute atomic E-state index is 5.52. The molecule has 1 saturated carbocycles. The van der Waals surface area contributed by atoms with E-state index in [1.54, 1.807) is 0 Å². The lowest BCUT2D eigenvalue weighted by Gasteiger charge is -2.20. The van der Waals surface area contributed by atoms with E-state index in [0.29, 0.717) is 17.9 Å².